The van der Waals surface area contributed by atoms with Gasteiger partial charge in [-0.3, -0.25) is 10.1 Å². The molecule has 1 unspecified atom stereocenters. The lowest BCUT2D eigenvalue weighted by Crippen LogP contribution is -2.39. The van der Waals surface area contributed by atoms with Crippen LogP contribution in [0.5, 0.6) is 5.75 Å². The maximum Gasteiger partial charge on any atom is 0.193 e. The average molecular weight is 518 g/mol. The number of ether oxygens (including phenoxy) is 1. The Morgan fingerprint density at radius 2 is 2.10 bits per heavy atom. The summed E-state index contributed by atoms with van der Waals surface area (Å²) in [7, 11) is 3.54. The summed E-state index contributed by atoms with van der Waals surface area (Å²) in [4.78, 5) is 11.0. The number of likely N-dealkylation sites (tertiary alicyclic amines) is 1. The van der Waals surface area contributed by atoms with E-state index in [1.807, 2.05) is 31.3 Å². The summed E-state index contributed by atoms with van der Waals surface area (Å²) >= 11 is 0. The van der Waals surface area contributed by atoms with Gasteiger partial charge < -0.3 is 15.0 Å². The zero-order valence-electron chi connectivity index (χ0n) is 17.2. The van der Waals surface area contributed by atoms with Crippen LogP contribution < -0.4 is 10.1 Å². The number of H-pyrrole nitrogens is 1. The van der Waals surface area contributed by atoms with E-state index in [4.69, 9.17) is 4.74 Å². The van der Waals surface area contributed by atoms with Crippen molar-refractivity contribution in [1.29, 1.82) is 0 Å². The molecule has 8 heteroatoms. The summed E-state index contributed by atoms with van der Waals surface area (Å²) in [6.07, 6.45) is 2.64. The van der Waals surface area contributed by atoms with E-state index in [-0.39, 0.29) is 24.0 Å². The molecular formula is C22H27IN6O. The molecule has 2 heterocycles. The van der Waals surface area contributed by atoms with Crippen LogP contribution >= 0.6 is 24.0 Å². The van der Waals surface area contributed by atoms with Gasteiger partial charge in [0.2, 0.25) is 0 Å². The van der Waals surface area contributed by atoms with Crippen molar-refractivity contribution in [3.63, 3.8) is 0 Å². The first-order chi connectivity index (χ1) is 14.3. The molecule has 1 fully saturated rings. The number of halogens is 1. The summed E-state index contributed by atoms with van der Waals surface area (Å²) < 4.78 is 5.27. The van der Waals surface area contributed by atoms with E-state index < -0.39 is 0 Å². The molecule has 3 aromatic rings. The van der Waals surface area contributed by atoms with Crippen LogP contribution in [-0.4, -0.2) is 53.3 Å². The van der Waals surface area contributed by atoms with E-state index in [9.17, 15) is 0 Å². The maximum atomic E-state index is 5.27. The van der Waals surface area contributed by atoms with Crippen LogP contribution in [0, 0.1) is 0 Å². The average Bonchev–Trinajstić information content (AvgIpc) is 3.47. The van der Waals surface area contributed by atoms with E-state index in [0.29, 0.717) is 12.5 Å². The maximum absolute atomic E-state index is 5.27. The molecule has 30 heavy (non-hydrogen) atoms. The van der Waals surface area contributed by atoms with Crippen LogP contribution in [0.4, 0.5) is 0 Å². The molecule has 1 aliphatic heterocycles. The number of aromatic nitrogens is 3. The molecule has 1 aromatic heterocycles. The normalized spacial score (nSPS) is 16.3. The summed E-state index contributed by atoms with van der Waals surface area (Å²) in [6.45, 7) is 2.66. The quantitative estimate of drug-likeness (QED) is 0.306. The van der Waals surface area contributed by atoms with Crippen molar-refractivity contribution in [2.24, 2.45) is 4.99 Å². The highest BCUT2D eigenvalue weighted by Crippen LogP contribution is 2.28. The molecule has 0 radical (unpaired) electrons. The molecule has 1 aliphatic rings. The molecule has 1 saturated heterocycles. The van der Waals surface area contributed by atoms with E-state index >= 15 is 0 Å². The van der Waals surface area contributed by atoms with Gasteiger partial charge in [0.1, 0.15) is 12.1 Å². The molecular weight excluding hydrogens is 491 g/mol. The van der Waals surface area contributed by atoms with Gasteiger partial charge in [-0.15, -0.1) is 24.0 Å². The van der Waals surface area contributed by atoms with Gasteiger partial charge in [0.25, 0.3) is 0 Å². The number of guanidine groups is 1. The number of aromatic amines is 1. The summed E-state index contributed by atoms with van der Waals surface area (Å²) in [5.74, 6) is 3.12. The Balaban J connectivity index is 0.00000256. The molecule has 0 saturated carbocycles. The van der Waals surface area contributed by atoms with Crippen LogP contribution in [0.3, 0.4) is 0 Å². The molecule has 0 amide bonds. The van der Waals surface area contributed by atoms with Crippen LogP contribution in [0.25, 0.3) is 11.4 Å². The number of aliphatic imine (C=N–C) groups is 1. The summed E-state index contributed by atoms with van der Waals surface area (Å²) in [5.41, 5.74) is 3.55. The van der Waals surface area contributed by atoms with E-state index in [1.54, 1.807) is 7.11 Å². The fraction of sp³-hybridized carbons (Fsp3) is 0.318. The van der Waals surface area contributed by atoms with Crippen molar-refractivity contribution < 1.29 is 4.74 Å². The summed E-state index contributed by atoms with van der Waals surface area (Å²) in [5, 5.41) is 10.3. The number of nitrogens with one attached hydrogen (secondary N) is 2. The highest BCUT2D eigenvalue weighted by molar-refractivity contribution is 14.0. The first-order valence-corrected chi connectivity index (χ1v) is 9.81. The molecule has 2 aromatic carbocycles. The van der Waals surface area contributed by atoms with E-state index in [2.05, 4.69) is 54.7 Å². The van der Waals surface area contributed by atoms with Crippen molar-refractivity contribution in [3.8, 4) is 17.1 Å². The van der Waals surface area contributed by atoms with Crippen molar-refractivity contribution >= 4 is 29.9 Å². The SMILES string of the molecule is CN=C(NCc1cccc(-c2ncn[nH]2)c1)N1CCC(c2ccc(OC)cc2)C1.I. The lowest BCUT2D eigenvalue weighted by molar-refractivity contribution is 0.414. The highest BCUT2D eigenvalue weighted by atomic mass is 127. The zero-order valence-corrected chi connectivity index (χ0v) is 19.5. The third-order valence-corrected chi connectivity index (χ3v) is 5.35. The number of hydrogen-bond donors (Lipinski definition) is 2. The van der Waals surface area contributed by atoms with Crippen LogP contribution in [0.15, 0.2) is 59.9 Å². The van der Waals surface area contributed by atoms with Crippen molar-refractivity contribution in [2.45, 2.75) is 18.9 Å². The zero-order chi connectivity index (χ0) is 20.1. The highest BCUT2D eigenvalue weighted by Gasteiger charge is 2.26. The summed E-state index contributed by atoms with van der Waals surface area (Å²) in [6, 6.07) is 16.7. The molecule has 0 spiro atoms. The van der Waals surface area contributed by atoms with Gasteiger partial charge in [-0.1, -0.05) is 30.3 Å². The molecule has 0 bridgehead atoms. The second kappa shape index (κ2) is 10.4. The Morgan fingerprint density at radius 1 is 1.27 bits per heavy atom. The molecule has 0 aliphatic carbocycles. The van der Waals surface area contributed by atoms with Gasteiger partial charge in [0.15, 0.2) is 11.8 Å². The van der Waals surface area contributed by atoms with Gasteiger partial charge in [-0.2, -0.15) is 5.10 Å². The standard InChI is InChI=1S/C22H26N6O.HI/c1-23-22(24-13-16-4-3-5-18(12-16)21-25-15-26-27-21)28-11-10-19(14-28)17-6-8-20(29-2)9-7-17;/h3-9,12,15,19H,10-11,13-14H2,1-2H3,(H,23,24)(H,25,26,27);1H. The third kappa shape index (κ3) is 5.10. The predicted molar refractivity (Wildman–Crippen MR) is 129 cm³/mol. The Labute approximate surface area is 194 Å². The molecule has 158 valence electrons. The molecule has 2 N–H and O–H groups in total. The number of benzene rings is 2. The Hall–Kier alpha value is -2.62. The van der Waals surface area contributed by atoms with Gasteiger partial charge in [0.05, 0.1) is 7.11 Å². The van der Waals surface area contributed by atoms with Gasteiger partial charge in [-0.25, -0.2) is 4.98 Å². The van der Waals surface area contributed by atoms with E-state index in [1.165, 1.54) is 17.5 Å². The van der Waals surface area contributed by atoms with Gasteiger partial charge in [-0.05, 0) is 35.7 Å². The first-order valence-electron chi connectivity index (χ1n) is 9.81. The lowest BCUT2D eigenvalue weighted by Gasteiger charge is -2.22. The van der Waals surface area contributed by atoms with Gasteiger partial charge >= 0.3 is 0 Å². The predicted octanol–water partition coefficient (Wildman–Crippen LogP) is 3.66. The largest absolute Gasteiger partial charge is 0.497 e. The first kappa shape index (κ1) is 22.1. The number of methoxy groups -OCH3 is 1. The number of nitrogens with zero attached hydrogens (tertiary/aromatic N) is 4. The lowest BCUT2D eigenvalue weighted by atomic mass is 9.98. The topological polar surface area (TPSA) is 78.4 Å². The minimum Gasteiger partial charge on any atom is -0.497 e. The monoisotopic (exact) mass is 518 g/mol. The molecule has 1 atom stereocenters. The fourth-order valence-electron chi connectivity index (χ4n) is 3.79. The second-order valence-electron chi connectivity index (χ2n) is 7.14. The smallest absolute Gasteiger partial charge is 0.193 e. The van der Waals surface area contributed by atoms with Crippen LogP contribution in [-0.2, 0) is 6.54 Å². The molecule has 7 nitrogen and oxygen atoms in total. The Morgan fingerprint density at radius 3 is 2.80 bits per heavy atom. The van der Waals surface area contributed by atoms with Crippen LogP contribution in [0.1, 0.15) is 23.5 Å². The third-order valence-electron chi connectivity index (χ3n) is 5.35. The Bertz CT molecular complexity index is 958. The van der Waals surface area contributed by atoms with Crippen LogP contribution in [0.2, 0.25) is 0 Å². The Kier molecular flexibility index (Phi) is 7.67. The minimum atomic E-state index is 0. The number of rotatable bonds is 5. The molecule has 4 rings (SSSR count). The fourth-order valence-corrected chi connectivity index (χ4v) is 3.79. The second-order valence-corrected chi connectivity index (χ2v) is 7.14. The van der Waals surface area contributed by atoms with Crippen molar-refractivity contribution in [3.05, 3.63) is 66.0 Å². The number of hydrogen-bond acceptors (Lipinski definition) is 4. The minimum absolute atomic E-state index is 0. The van der Waals surface area contributed by atoms with E-state index in [0.717, 1.165) is 42.6 Å². The van der Waals surface area contributed by atoms with Crippen molar-refractivity contribution in [2.75, 3.05) is 27.2 Å². The van der Waals surface area contributed by atoms with Gasteiger partial charge in [0, 0.05) is 38.2 Å². The van der Waals surface area contributed by atoms with Crippen molar-refractivity contribution in [1.82, 2.24) is 25.4 Å².